The molecule has 1 rings (SSSR count). The van der Waals surface area contributed by atoms with E-state index < -0.39 is 0 Å². The number of nitrogens with two attached hydrogens (primary N) is 1. The molecule has 2 heteroatoms. The number of aryl methyl sites for hydroxylation is 2. The lowest BCUT2D eigenvalue weighted by atomic mass is 9.86. The van der Waals surface area contributed by atoms with Gasteiger partial charge in [-0.15, -0.1) is 0 Å². The van der Waals surface area contributed by atoms with Gasteiger partial charge in [0.2, 0.25) is 0 Å². The summed E-state index contributed by atoms with van der Waals surface area (Å²) in [5, 5.41) is 10.3. The molecule has 18 heavy (non-hydrogen) atoms. The predicted molar refractivity (Wildman–Crippen MR) is 77.8 cm³/mol. The Bertz CT molecular complexity index is 375. The highest BCUT2D eigenvalue weighted by molar-refractivity contribution is 5.32. The summed E-state index contributed by atoms with van der Waals surface area (Å²) in [7, 11) is 0. The van der Waals surface area contributed by atoms with Gasteiger partial charge in [0.25, 0.3) is 0 Å². The lowest BCUT2D eigenvalue weighted by molar-refractivity contribution is 0.118. The number of rotatable bonds is 6. The molecule has 0 aliphatic rings. The molecule has 0 aromatic heterocycles. The van der Waals surface area contributed by atoms with Gasteiger partial charge in [-0.3, -0.25) is 0 Å². The highest BCUT2D eigenvalue weighted by Crippen LogP contribution is 2.25. The molecule has 0 radical (unpaired) electrons. The van der Waals surface area contributed by atoms with Gasteiger partial charge in [0.15, 0.2) is 0 Å². The Kier molecular flexibility index (Phi) is 5.83. The van der Waals surface area contributed by atoms with E-state index in [0.717, 1.165) is 18.4 Å². The summed E-state index contributed by atoms with van der Waals surface area (Å²) in [6.45, 7) is 9.04. The van der Waals surface area contributed by atoms with E-state index in [4.69, 9.17) is 5.73 Å². The molecule has 0 spiro atoms. The van der Waals surface area contributed by atoms with Gasteiger partial charge in [-0.25, -0.2) is 0 Å². The predicted octanol–water partition coefficient (Wildman–Crippen LogP) is 3.14. The summed E-state index contributed by atoms with van der Waals surface area (Å²) in [5.74, 6) is 0.596. The van der Waals surface area contributed by atoms with Crippen molar-refractivity contribution in [3.05, 3.63) is 34.9 Å². The smallest absolute Gasteiger partial charge is 0.0623 e. The van der Waals surface area contributed by atoms with Crippen LogP contribution in [-0.2, 0) is 0 Å². The Balaban J connectivity index is 2.84. The fraction of sp³-hybridized carbons (Fsp3) is 0.625. The Morgan fingerprint density at radius 2 is 1.89 bits per heavy atom. The standard InChI is InChI=1S/C16H27NO/c1-5-11(2)8-16(18)15(10-17)14-7-6-12(3)13(4)9-14/h6-7,9,11,15-16,18H,5,8,10,17H2,1-4H3. The van der Waals surface area contributed by atoms with E-state index in [-0.39, 0.29) is 12.0 Å². The van der Waals surface area contributed by atoms with Crippen molar-refractivity contribution in [3.63, 3.8) is 0 Å². The van der Waals surface area contributed by atoms with Gasteiger partial charge < -0.3 is 10.8 Å². The number of aliphatic hydroxyl groups is 1. The van der Waals surface area contributed by atoms with Crippen molar-refractivity contribution in [1.82, 2.24) is 0 Å². The number of aliphatic hydroxyl groups excluding tert-OH is 1. The zero-order valence-corrected chi connectivity index (χ0v) is 12.1. The minimum absolute atomic E-state index is 0.0540. The minimum Gasteiger partial charge on any atom is -0.392 e. The molecule has 1 aromatic rings. The molecule has 0 bridgehead atoms. The van der Waals surface area contributed by atoms with Crippen LogP contribution in [0.25, 0.3) is 0 Å². The molecule has 0 amide bonds. The molecule has 2 nitrogen and oxygen atoms in total. The van der Waals surface area contributed by atoms with E-state index in [1.165, 1.54) is 11.1 Å². The molecular formula is C16H27NO. The third-order valence-corrected chi connectivity index (χ3v) is 4.02. The topological polar surface area (TPSA) is 46.2 Å². The van der Waals surface area contributed by atoms with Crippen molar-refractivity contribution in [2.75, 3.05) is 6.54 Å². The zero-order chi connectivity index (χ0) is 13.7. The molecule has 0 fully saturated rings. The summed E-state index contributed by atoms with van der Waals surface area (Å²) in [6, 6.07) is 6.37. The van der Waals surface area contributed by atoms with Crippen molar-refractivity contribution < 1.29 is 5.11 Å². The second kappa shape index (κ2) is 6.91. The van der Waals surface area contributed by atoms with Crippen molar-refractivity contribution in [3.8, 4) is 0 Å². The SMILES string of the molecule is CCC(C)CC(O)C(CN)c1ccc(C)c(C)c1. The Morgan fingerprint density at radius 3 is 2.39 bits per heavy atom. The molecule has 0 saturated carbocycles. The van der Waals surface area contributed by atoms with Crippen molar-refractivity contribution in [1.29, 1.82) is 0 Å². The molecule has 3 unspecified atom stereocenters. The van der Waals surface area contributed by atoms with Gasteiger partial charge in [0.05, 0.1) is 6.10 Å². The van der Waals surface area contributed by atoms with E-state index >= 15 is 0 Å². The molecule has 0 heterocycles. The van der Waals surface area contributed by atoms with Gasteiger partial charge >= 0.3 is 0 Å². The quantitative estimate of drug-likeness (QED) is 0.813. The molecule has 0 aliphatic carbocycles. The van der Waals surface area contributed by atoms with Crippen LogP contribution in [0.4, 0.5) is 0 Å². The number of benzene rings is 1. The summed E-state index contributed by atoms with van der Waals surface area (Å²) in [5.41, 5.74) is 9.56. The normalized spacial score (nSPS) is 16.3. The van der Waals surface area contributed by atoms with Gasteiger partial charge in [-0.2, -0.15) is 0 Å². The van der Waals surface area contributed by atoms with E-state index in [9.17, 15) is 5.11 Å². The Labute approximate surface area is 111 Å². The Hall–Kier alpha value is -0.860. The highest BCUT2D eigenvalue weighted by Gasteiger charge is 2.21. The van der Waals surface area contributed by atoms with Crippen LogP contribution in [0.15, 0.2) is 18.2 Å². The van der Waals surface area contributed by atoms with Crippen molar-refractivity contribution in [2.45, 2.75) is 52.6 Å². The van der Waals surface area contributed by atoms with Crippen LogP contribution in [-0.4, -0.2) is 17.8 Å². The molecule has 3 atom stereocenters. The second-order valence-corrected chi connectivity index (χ2v) is 5.50. The fourth-order valence-electron chi connectivity index (χ4n) is 2.25. The Morgan fingerprint density at radius 1 is 1.22 bits per heavy atom. The van der Waals surface area contributed by atoms with Gasteiger partial charge in [0.1, 0.15) is 0 Å². The van der Waals surface area contributed by atoms with E-state index in [1.54, 1.807) is 0 Å². The highest BCUT2D eigenvalue weighted by atomic mass is 16.3. The first kappa shape index (κ1) is 15.2. The van der Waals surface area contributed by atoms with Crippen LogP contribution in [0.1, 0.15) is 49.3 Å². The average Bonchev–Trinajstić information content (AvgIpc) is 2.34. The van der Waals surface area contributed by atoms with E-state index in [0.29, 0.717) is 12.5 Å². The number of hydrogen-bond acceptors (Lipinski definition) is 2. The van der Waals surface area contributed by atoms with Gasteiger partial charge in [-0.1, -0.05) is 38.5 Å². The molecular weight excluding hydrogens is 222 g/mol. The van der Waals surface area contributed by atoms with Crippen LogP contribution >= 0.6 is 0 Å². The lowest BCUT2D eigenvalue weighted by Gasteiger charge is -2.24. The van der Waals surface area contributed by atoms with Crippen molar-refractivity contribution >= 4 is 0 Å². The van der Waals surface area contributed by atoms with Crippen LogP contribution in [0.5, 0.6) is 0 Å². The zero-order valence-electron chi connectivity index (χ0n) is 12.1. The fourth-order valence-corrected chi connectivity index (χ4v) is 2.25. The summed E-state index contributed by atoms with van der Waals surface area (Å²) < 4.78 is 0. The average molecular weight is 249 g/mol. The van der Waals surface area contributed by atoms with E-state index in [2.05, 4.69) is 45.9 Å². The third-order valence-electron chi connectivity index (χ3n) is 4.02. The maximum atomic E-state index is 10.3. The van der Waals surface area contributed by atoms with Crippen LogP contribution in [0.3, 0.4) is 0 Å². The largest absolute Gasteiger partial charge is 0.392 e. The second-order valence-electron chi connectivity index (χ2n) is 5.50. The molecule has 0 aliphatic heterocycles. The van der Waals surface area contributed by atoms with Crippen LogP contribution in [0, 0.1) is 19.8 Å². The minimum atomic E-state index is -0.341. The molecule has 102 valence electrons. The maximum absolute atomic E-state index is 10.3. The molecule has 1 aromatic carbocycles. The number of hydrogen-bond donors (Lipinski definition) is 2. The summed E-state index contributed by atoms with van der Waals surface area (Å²) >= 11 is 0. The first-order chi connectivity index (χ1) is 8.49. The first-order valence-electron chi connectivity index (χ1n) is 6.94. The lowest BCUT2D eigenvalue weighted by Crippen LogP contribution is -2.27. The molecule has 3 N–H and O–H groups in total. The summed E-state index contributed by atoms with van der Waals surface area (Å²) in [4.78, 5) is 0. The summed E-state index contributed by atoms with van der Waals surface area (Å²) in [6.07, 6.45) is 1.58. The molecule has 0 saturated heterocycles. The van der Waals surface area contributed by atoms with Crippen LogP contribution in [0.2, 0.25) is 0 Å². The first-order valence-corrected chi connectivity index (χ1v) is 6.94. The third kappa shape index (κ3) is 3.82. The van der Waals surface area contributed by atoms with E-state index in [1.807, 2.05) is 0 Å². The van der Waals surface area contributed by atoms with Crippen molar-refractivity contribution in [2.24, 2.45) is 11.7 Å². The van der Waals surface area contributed by atoms with Crippen LogP contribution < -0.4 is 5.73 Å². The van der Waals surface area contributed by atoms with Gasteiger partial charge in [0, 0.05) is 12.5 Å². The monoisotopic (exact) mass is 249 g/mol. The van der Waals surface area contributed by atoms with Gasteiger partial charge in [-0.05, 0) is 42.9 Å². The maximum Gasteiger partial charge on any atom is 0.0623 e.